The minimum Gasteiger partial charge on any atom is -0.383 e. The van der Waals surface area contributed by atoms with E-state index >= 15 is 0 Å². The Kier molecular flexibility index (Phi) is 5.25. The largest absolute Gasteiger partial charge is 0.383 e. The predicted molar refractivity (Wildman–Crippen MR) is 80.8 cm³/mol. The van der Waals surface area contributed by atoms with Crippen LogP contribution < -0.4 is 5.32 Å². The number of piperazine rings is 1. The fourth-order valence-electron chi connectivity index (χ4n) is 3.77. The van der Waals surface area contributed by atoms with Gasteiger partial charge in [0.05, 0.1) is 12.6 Å². The van der Waals surface area contributed by atoms with Crippen molar-refractivity contribution in [3.05, 3.63) is 0 Å². The van der Waals surface area contributed by atoms with Crippen molar-refractivity contribution in [2.24, 2.45) is 0 Å². The third kappa shape index (κ3) is 2.93. The van der Waals surface area contributed by atoms with Gasteiger partial charge in [0, 0.05) is 7.11 Å². The number of ether oxygens (including phenoxy) is 1. The van der Waals surface area contributed by atoms with Crippen molar-refractivity contribution in [3.63, 3.8) is 0 Å². The highest BCUT2D eigenvalue weighted by Gasteiger charge is 2.51. The zero-order valence-electron chi connectivity index (χ0n) is 13.5. The molecule has 2 rings (SSSR count). The summed E-state index contributed by atoms with van der Waals surface area (Å²) < 4.78 is 5.27. The zero-order valence-corrected chi connectivity index (χ0v) is 13.5. The number of nitrogens with one attached hydrogen (secondary N) is 1. The molecule has 0 aromatic heterocycles. The van der Waals surface area contributed by atoms with Gasteiger partial charge in [0.1, 0.15) is 11.6 Å². The SMILES string of the molecule is CCC(COC)N1C(=O)C2(CCCCC2)NC(=O)C1CC. The molecule has 2 aliphatic rings. The first-order valence-electron chi connectivity index (χ1n) is 8.23. The first-order chi connectivity index (χ1) is 10.1. The number of methoxy groups -OCH3 is 1. The lowest BCUT2D eigenvalue weighted by Gasteiger charge is -2.50. The molecule has 2 unspecified atom stereocenters. The van der Waals surface area contributed by atoms with Gasteiger partial charge >= 0.3 is 0 Å². The summed E-state index contributed by atoms with van der Waals surface area (Å²) in [5.41, 5.74) is -0.651. The lowest BCUT2D eigenvalue weighted by molar-refractivity contribution is -0.161. The zero-order chi connectivity index (χ0) is 15.5. The van der Waals surface area contributed by atoms with Gasteiger partial charge in [-0.15, -0.1) is 0 Å². The summed E-state index contributed by atoms with van der Waals surface area (Å²) in [5.74, 6) is 0.117. The van der Waals surface area contributed by atoms with Crippen LogP contribution in [0.1, 0.15) is 58.8 Å². The average Bonchev–Trinajstić information content (AvgIpc) is 2.49. The van der Waals surface area contributed by atoms with E-state index in [0.717, 1.165) is 38.5 Å². The fraction of sp³-hybridized carbons (Fsp3) is 0.875. The lowest BCUT2D eigenvalue weighted by Crippen LogP contribution is -2.72. The summed E-state index contributed by atoms with van der Waals surface area (Å²) in [4.78, 5) is 27.5. The third-order valence-corrected chi connectivity index (χ3v) is 4.96. The molecule has 2 fully saturated rings. The Bertz CT molecular complexity index is 391. The second kappa shape index (κ2) is 6.77. The van der Waals surface area contributed by atoms with Gasteiger partial charge in [0.15, 0.2) is 0 Å². The van der Waals surface area contributed by atoms with Gasteiger partial charge in [-0.3, -0.25) is 9.59 Å². The lowest BCUT2D eigenvalue weighted by atomic mass is 9.77. The quantitative estimate of drug-likeness (QED) is 0.842. The van der Waals surface area contributed by atoms with E-state index in [1.807, 2.05) is 18.7 Å². The van der Waals surface area contributed by atoms with Crippen LogP contribution in [0, 0.1) is 0 Å². The normalized spacial score (nSPS) is 26.8. The molecule has 21 heavy (non-hydrogen) atoms. The Morgan fingerprint density at radius 2 is 1.95 bits per heavy atom. The van der Waals surface area contributed by atoms with Crippen LogP contribution in [0.5, 0.6) is 0 Å². The number of nitrogens with zero attached hydrogens (tertiary/aromatic N) is 1. The second-order valence-electron chi connectivity index (χ2n) is 6.29. The molecule has 1 heterocycles. The van der Waals surface area contributed by atoms with Crippen LogP contribution in [0.2, 0.25) is 0 Å². The van der Waals surface area contributed by atoms with E-state index in [9.17, 15) is 9.59 Å². The summed E-state index contributed by atoms with van der Waals surface area (Å²) >= 11 is 0. The van der Waals surface area contributed by atoms with E-state index in [2.05, 4.69) is 5.32 Å². The number of hydrogen-bond acceptors (Lipinski definition) is 3. The highest BCUT2D eigenvalue weighted by molar-refractivity contribution is 6.00. The molecular formula is C16H28N2O3. The van der Waals surface area contributed by atoms with Crippen molar-refractivity contribution >= 4 is 11.8 Å². The highest BCUT2D eigenvalue weighted by Crippen LogP contribution is 2.35. The third-order valence-electron chi connectivity index (χ3n) is 4.96. The Balaban J connectivity index is 2.31. The first kappa shape index (κ1) is 16.3. The molecule has 1 aliphatic heterocycles. The Labute approximate surface area is 127 Å². The predicted octanol–water partition coefficient (Wildman–Crippen LogP) is 1.85. The summed E-state index contributed by atoms with van der Waals surface area (Å²) in [6.07, 6.45) is 6.17. The Hall–Kier alpha value is -1.10. The number of amides is 2. The van der Waals surface area contributed by atoms with Gasteiger partial charge in [0.2, 0.25) is 11.8 Å². The van der Waals surface area contributed by atoms with Crippen LogP contribution in [0.4, 0.5) is 0 Å². The van der Waals surface area contributed by atoms with Crippen molar-refractivity contribution in [2.45, 2.75) is 76.4 Å². The number of rotatable bonds is 5. The Morgan fingerprint density at radius 3 is 2.48 bits per heavy atom. The number of hydrogen-bond donors (Lipinski definition) is 1. The Morgan fingerprint density at radius 1 is 1.29 bits per heavy atom. The van der Waals surface area contributed by atoms with Crippen molar-refractivity contribution in [2.75, 3.05) is 13.7 Å². The molecule has 5 nitrogen and oxygen atoms in total. The molecular weight excluding hydrogens is 268 g/mol. The van der Waals surface area contributed by atoms with Gasteiger partial charge in [-0.25, -0.2) is 0 Å². The molecule has 0 radical (unpaired) electrons. The topological polar surface area (TPSA) is 58.6 Å². The molecule has 0 aromatic carbocycles. The fourth-order valence-corrected chi connectivity index (χ4v) is 3.77. The average molecular weight is 296 g/mol. The van der Waals surface area contributed by atoms with Crippen LogP contribution in [-0.2, 0) is 14.3 Å². The van der Waals surface area contributed by atoms with Gasteiger partial charge in [-0.05, 0) is 25.7 Å². The highest BCUT2D eigenvalue weighted by atomic mass is 16.5. The molecule has 120 valence electrons. The van der Waals surface area contributed by atoms with Crippen molar-refractivity contribution in [1.82, 2.24) is 10.2 Å². The van der Waals surface area contributed by atoms with Gasteiger partial charge in [-0.2, -0.15) is 0 Å². The molecule has 0 aromatic rings. The van der Waals surface area contributed by atoms with E-state index in [-0.39, 0.29) is 23.9 Å². The molecule has 1 N–H and O–H groups in total. The van der Waals surface area contributed by atoms with Crippen LogP contribution in [0.3, 0.4) is 0 Å². The maximum Gasteiger partial charge on any atom is 0.249 e. The maximum atomic E-state index is 13.1. The minimum absolute atomic E-state index is 0.00792. The molecule has 0 bridgehead atoms. The monoisotopic (exact) mass is 296 g/mol. The second-order valence-corrected chi connectivity index (χ2v) is 6.29. The summed E-state index contributed by atoms with van der Waals surface area (Å²) in [6.45, 7) is 4.49. The first-order valence-corrected chi connectivity index (χ1v) is 8.23. The summed E-state index contributed by atoms with van der Waals surface area (Å²) in [5, 5.41) is 3.06. The van der Waals surface area contributed by atoms with E-state index in [4.69, 9.17) is 4.74 Å². The van der Waals surface area contributed by atoms with Gasteiger partial charge in [0.25, 0.3) is 0 Å². The molecule has 5 heteroatoms. The summed E-state index contributed by atoms with van der Waals surface area (Å²) in [7, 11) is 1.65. The van der Waals surface area contributed by atoms with Crippen LogP contribution in [0.15, 0.2) is 0 Å². The number of carbonyl (C=O) groups is 2. The molecule has 1 saturated heterocycles. The minimum atomic E-state index is -0.651. The van der Waals surface area contributed by atoms with E-state index in [0.29, 0.717) is 13.0 Å². The van der Waals surface area contributed by atoms with Crippen molar-refractivity contribution in [1.29, 1.82) is 0 Å². The molecule has 1 aliphatic carbocycles. The van der Waals surface area contributed by atoms with E-state index in [1.54, 1.807) is 7.11 Å². The molecule has 2 atom stereocenters. The summed E-state index contributed by atoms with van der Waals surface area (Å²) in [6, 6.07) is -0.373. The van der Waals surface area contributed by atoms with Crippen LogP contribution in [-0.4, -0.2) is 48.1 Å². The standard InChI is InChI=1S/C16H28N2O3/c1-4-12(11-21-3)18-13(5-2)14(19)17-16(15(18)20)9-7-6-8-10-16/h12-13H,4-11H2,1-3H3,(H,17,19). The van der Waals surface area contributed by atoms with Crippen molar-refractivity contribution < 1.29 is 14.3 Å². The van der Waals surface area contributed by atoms with Gasteiger partial charge in [-0.1, -0.05) is 33.1 Å². The van der Waals surface area contributed by atoms with Crippen LogP contribution in [0.25, 0.3) is 0 Å². The number of carbonyl (C=O) groups excluding carboxylic acids is 2. The molecule has 1 spiro atoms. The van der Waals surface area contributed by atoms with Gasteiger partial charge < -0.3 is 15.0 Å². The molecule has 2 amide bonds. The molecule has 1 saturated carbocycles. The smallest absolute Gasteiger partial charge is 0.249 e. The van der Waals surface area contributed by atoms with Crippen LogP contribution >= 0.6 is 0 Å². The maximum absolute atomic E-state index is 13.1. The van der Waals surface area contributed by atoms with E-state index < -0.39 is 5.54 Å². The van der Waals surface area contributed by atoms with E-state index in [1.165, 1.54) is 0 Å². The van der Waals surface area contributed by atoms with Crippen molar-refractivity contribution in [3.8, 4) is 0 Å².